The number of hydrogen-bond donors (Lipinski definition) is 0. The van der Waals surface area contributed by atoms with E-state index in [-0.39, 0.29) is 12.6 Å². The number of aldehydes is 1. The number of hydrogen-bond acceptors (Lipinski definition) is 3. The van der Waals surface area contributed by atoms with Gasteiger partial charge < -0.3 is 9.53 Å². The molecule has 1 aliphatic heterocycles. The molecule has 1 heterocycles. The second-order valence-electron chi connectivity index (χ2n) is 3.32. The van der Waals surface area contributed by atoms with E-state index in [4.69, 9.17) is 4.74 Å². The quantitative estimate of drug-likeness (QED) is 0.700. The van der Waals surface area contributed by atoms with Crippen LogP contribution in [-0.4, -0.2) is 30.4 Å². The van der Waals surface area contributed by atoms with Crippen molar-refractivity contribution in [2.75, 3.05) is 13.2 Å². The van der Waals surface area contributed by atoms with Crippen molar-refractivity contribution >= 4 is 12.4 Å². The Kier molecular flexibility index (Phi) is 2.67. The SMILES string of the molecule is O=CCN1C(=O)OC[C@H]1c1ccccc1. The molecule has 4 nitrogen and oxygen atoms in total. The average molecular weight is 205 g/mol. The van der Waals surface area contributed by atoms with Crippen molar-refractivity contribution in [1.29, 1.82) is 0 Å². The van der Waals surface area contributed by atoms with Crippen molar-refractivity contribution in [2.24, 2.45) is 0 Å². The van der Waals surface area contributed by atoms with Gasteiger partial charge in [0.2, 0.25) is 0 Å². The summed E-state index contributed by atoms with van der Waals surface area (Å²) in [6.07, 6.45) is 0.290. The lowest BCUT2D eigenvalue weighted by Crippen LogP contribution is -2.29. The topological polar surface area (TPSA) is 46.6 Å². The van der Waals surface area contributed by atoms with E-state index in [0.717, 1.165) is 5.56 Å². The Bertz CT molecular complexity index is 363. The van der Waals surface area contributed by atoms with E-state index in [2.05, 4.69) is 0 Å². The number of ether oxygens (including phenoxy) is 1. The summed E-state index contributed by atoms with van der Waals surface area (Å²) >= 11 is 0. The molecule has 2 rings (SSSR count). The van der Waals surface area contributed by atoms with Gasteiger partial charge in [0.15, 0.2) is 0 Å². The van der Waals surface area contributed by atoms with E-state index in [1.165, 1.54) is 4.90 Å². The largest absolute Gasteiger partial charge is 0.447 e. The van der Waals surface area contributed by atoms with Crippen molar-refractivity contribution < 1.29 is 14.3 Å². The van der Waals surface area contributed by atoms with Crippen LogP contribution in [0.1, 0.15) is 11.6 Å². The van der Waals surface area contributed by atoms with Gasteiger partial charge in [-0.25, -0.2) is 4.79 Å². The highest BCUT2D eigenvalue weighted by atomic mass is 16.6. The number of amides is 1. The summed E-state index contributed by atoms with van der Waals surface area (Å²) < 4.78 is 4.91. The Morgan fingerprint density at radius 3 is 2.80 bits per heavy atom. The molecule has 78 valence electrons. The lowest BCUT2D eigenvalue weighted by Gasteiger charge is -2.18. The first-order valence-corrected chi connectivity index (χ1v) is 4.75. The Morgan fingerprint density at radius 2 is 2.13 bits per heavy atom. The van der Waals surface area contributed by atoms with E-state index < -0.39 is 6.09 Å². The highest BCUT2D eigenvalue weighted by Gasteiger charge is 2.33. The Hall–Kier alpha value is -1.84. The summed E-state index contributed by atoms with van der Waals surface area (Å²) in [5.41, 5.74) is 0.991. The lowest BCUT2D eigenvalue weighted by molar-refractivity contribution is -0.108. The molecule has 0 spiro atoms. The average Bonchev–Trinajstić information content (AvgIpc) is 2.63. The predicted octanol–water partition coefficient (Wildman–Crippen LogP) is 1.38. The number of benzene rings is 1. The molecule has 1 aliphatic rings. The van der Waals surface area contributed by atoms with Crippen LogP contribution in [0.2, 0.25) is 0 Å². The van der Waals surface area contributed by atoms with Gasteiger partial charge in [0, 0.05) is 0 Å². The summed E-state index contributed by atoms with van der Waals surface area (Å²) in [7, 11) is 0. The maximum Gasteiger partial charge on any atom is 0.410 e. The van der Waals surface area contributed by atoms with E-state index in [1.54, 1.807) is 0 Å². The zero-order valence-electron chi connectivity index (χ0n) is 8.13. The van der Waals surface area contributed by atoms with Crippen LogP contribution in [0.15, 0.2) is 30.3 Å². The summed E-state index contributed by atoms with van der Waals surface area (Å²) in [4.78, 5) is 23.2. The maximum atomic E-state index is 11.3. The molecule has 1 fully saturated rings. The smallest absolute Gasteiger partial charge is 0.410 e. The minimum atomic E-state index is -0.420. The maximum absolute atomic E-state index is 11.3. The van der Waals surface area contributed by atoms with Crippen molar-refractivity contribution in [1.82, 2.24) is 4.90 Å². The number of cyclic esters (lactones) is 1. The number of nitrogens with zero attached hydrogens (tertiary/aromatic N) is 1. The molecule has 1 aromatic rings. The van der Waals surface area contributed by atoms with Crippen LogP contribution in [0.4, 0.5) is 4.79 Å². The molecule has 0 N–H and O–H groups in total. The van der Waals surface area contributed by atoms with Gasteiger partial charge in [-0.05, 0) is 5.56 Å². The molecule has 0 bridgehead atoms. The van der Waals surface area contributed by atoms with Crippen molar-refractivity contribution in [3.05, 3.63) is 35.9 Å². The molecular weight excluding hydrogens is 194 g/mol. The minimum Gasteiger partial charge on any atom is -0.447 e. The van der Waals surface area contributed by atoms with Crippen molar-refractivity contribution in [3.8, 4) is 0 Å². The zero-order chi connectivity index (χ0) is 10.7. The highest BCUT2D eigenvalue weighted by molar-refractivity contribution is 5.73. The lowest BCUT2D eigenvalue weighted by atomic mass is 10.1. The molecule has 1 amide bonds. The first-order chi connectivity index (χ1) is 7.33. The third-order valence-corrected chi connectivity index (χ3v) is 2.43. The third kappa shape index (κ3) is 1.83. The minimum absolute atomic E-state index is 0.0817. The Balaban J connectivity index is 2.22. The number of rotatable bonds is 3. The van der Waals surface area contributed by atoms with Gasteiger partial charge in [0.25, 0.3) is 0 Å². The third-order valence-electron chi connectivity index (χ3n) is 2.43. The van der Waals surface area contributed by atoms with Crippen LogP contribution in [-0.2, 0) is 9.53 Å². The van der Waals surface area contributed by atoms with Crippen LogP contribution >= 0.6 is 0 Å². The molecule has 1 aromatic carbocycles. The Morgan fingerprint density at radius 1 is 1.40 bits per heavy atom. The Labute approximate surface area is 87.4 Å². The van der Waals surface area contributed by atoms with Gasteiger partial charge in [-0.1, -0.05) is 30.3 Å². The summed E-state index contributed by atoms with van der Waals surface area (Å²) in [5, 5.41) is 0. The molecule has 1 atom stereocenters. The molecule has 15 heavy (non-hydrogen) atoms. The van der Waals surface area contributed by atoms with Crippen LogP contribution in [0.3, 0.4) is 0 Å². The first-order valence-electron chi connectivity index (χ1n) is 4.75. The van der Waals surface area contributed by atoms with E-state index in [0.29, 0.717) is 12.9 Å². The molecule has 4 heteroatoms. The fourth-order valence-electron chi connectivity index (χ4n) is 1.68. The molecule has 1 saturated heterocycles. The van der Waals surface area contributed by atoms with Crippen molar-refractivity contribution in [2.45, 2.75) is 6.04 Å². The summed E-state index contributed by atoms with van der Waals surface area (Å²) in [6, 6.07) is 9.41. The second-order valence-corrected chi connectivity index (χ2v) is 3.32. The summed E-state index contributed by atoms with van der Waals surface area (Å²) in [5.74, 6) is 0. The standard InChI is InChI=1S/C11H11NO3/c13-7-6-12-10(8-15-11(12)14)9-4-2-1-3-5-9/h1-5,7,10H,6,8H2/t10-/m0/s1. The van der Waals surface area contributed by atoms with Gasteiger partial charge in [-0.2, -0.15) is 0 Å². The number of carbonyl (C=O) groups excluding carboxylic acids is 2. The van der Waals surface area contributed by atoms with Crippen LogP contribution in [0.5, 0.6) is 0 Å². The second kappa shape index (κ2) is 4.13. The van der Waals surface area contributed by atoms with E-state index in [9.17, 15) is 9.59 Å². The van der Waals surface area contributed by atoms with Gasteiger partial charge in [-0.15, -0.1) is 0 Å². The molecule has 0 saturated carbocycles. The fraction of sp³-hybridized carbons (Fsp3) is 0.273. The molecular formula is C11H11NO3. The molecule has 0 aliphatic carbocycles. The molecule has 0 aromatic heterocycles. The van der Waals surface area contributed by atoms with Gasteiger partial charge >= 0.3 is 6.09 Å². The van der Waals surface area contributed by atoms with E-state index in [1.807, 2.05) is 30.3 Å². The first kappa shape index (κ1) is 9.71. The van der Waals surface area contributed by atoms with Crippen LogP contribution in [0, 0.1) is 0 Å². The van der Waals surface area contributed by atoms with Crippen LogP contribution < -0.4 is 0 Å². The van der Waals surface area contributed by atoms with E-state index >= 15 is 0 Å². The van der Waals surface area contributed by atoms with Crippen LogP contribution in [0.25, 0.3) is 0 Å². The highest BCUT2D eigenvalue weighted by Crippen LogP contribution is 2.26. The molecule has 0 radical (unpaired) electrons. The van der Waals surface area contributed by atoms with Gasteiger partial charge in [-0.3, -0.25) is 4.90 Å². The monoisotopic (exact) mass is 205 g/mol. The van der Waals surface area contributed by atoms with Gasteiger partial charge in [0.05, 0.1) is 12.6 Å². The van der Waals surface area contributed by atoms with Crippen molar-refractivity contribution in [3.63, 3.8) is 0 Å². The fourth-order valence-corrected chi connectivity index (χ4v) is 1.68. The van der Waals surface area contributed by atoms with Gasteiger partial charge in [0.1, 0.15) is 12.9 Å². The summed E-state index contributed by atoms with van der Waals surface area (Å²) in [6.45, 7) is 0.398. The normalized spacial score (nSPS) is 20.1. The molecule has 0 unspecified atom stereocenters. The zero-order valence-corrected chi connectivity index (χ0v) is 8.13. The predicted molar refractivity (Wildman–Crippen MR) is 53.3 cm³/mol. The number of carbonyl (C=O) groups is 2.